The second-order valence-electron chi connectivity index (χ2n) is 9.31. The van der Waals surface area contributed by atoms with Gasteiger partial charge in [0, 0.05) is 45.0 Å². The predicted molar refractivity (Wildman–Crippen MR) is 141 cm³/mol. The van der Waals surface area contributed by atoms with Gasteiger partial charge in [0.2, 0.25) is 5.95 Å². The Kier molecular flexibility index (Phi) is 5.99. The van der Waals surface area contributed by atoms with E-state index < -0.39 is 0 Å². The minimum atomic E-state index is -0.320. The lowest BCUT2D eigenvalue weighted by Crippen LogP contribution is -2.47. The fourth-order valence-electron chi connectivity index (χ4n) is 5.05. The van der Waals surface area contributed by atoms with Gasteiger partial charge < -0.3 is 29.1 Å². The maximum absolute atomic E-state index is 12.3. The molecule has 0 unspecified atom stereocenters. The molecular formula is C27H29N7O3. The summed E-state index contributed by atoms with van der Waals surface area (Å²) in [6.45, 7) is 6.78. The van der Waals surface area contributed by atoms with Crippen LogP contribution < -0.4 is 14.7 Å². The molecule has 4 heterocycles. The maximum Gasteiger partial charge on any atom is 0.326 e. The number of phenolic OH excluding ortho intramolecular Hbond substituents is 1. The molecule has 2 aromatic carbocycles. The molecule has 10 heteroatoms. The fraction of sp³-hybridized carbons (Fsp3) is 0.333. The molecule has 0 atom stereocenters. The lowest BCUT2D eigenvalue weighted by Gasteiger charge is -2.36. The van der Waals surface area contributed by atoms with Gasteiger partial charge in [0.15, 0.2) is 17.0 Å². The summed E-state index contributed by atoms with van der Waals surface area (Å²) in [6.07, 6.45) is 1.65. The highest BCUT2D eigenvalue weighted by molar-refractivity contribution is 5.86. The van der Waals surface area contributed by atoms with Gasteiger partial charge in [-0.1, -0.05) is 24.3 Å². The van der Waals surface area contributed by atoms with Crippen molar-refractivity contribution in [2.45, 2.75) is 26.6 Å². The first-order valence-corrected chi connectivity index (χ1v) is 12.6. The number of aromatic hydroxyl groups is 1. The van der Waals surface area contributed by atoms with Crippen molar-refractivity contribution >= 4 is 34.6 Å². The lowest BCUT2D eigenvalue weighted by atomic mass is 10.1. The topological polar surface area (TPSA) is 99.9 Å². The highest BCUT2D eigenvalue weighted by Crippen LogP contribution is 2.33. The monoisotopic (exact) mass is 499 g/mol. The molecule has 1 fully saturated rings. The van der Waals surface area contributed by atoms with Gasteiger partial charge >= 0.3 is 5.97 Å². The number of hydrogen-bond acceptors (Lipinski definition) is 9. The number of hydrogen-bond donors (Lipinski definition) is 1. The zero-order chi connectivity index (χ0) is 25.4. The first kappa shape index (κ1) is 23.1. The number of imidazole rings is 1. The minimum Gasteiger partial charge on any atom is -0.508 e. The van der Waals surface area contributed by atoms with Crippen molar-refractivity contribution in [3.05, 3.63) is 66.0 Å². The highest BCUT2D eigenvalue weighted by atomic mass is 16.5. The third kappa shape index (κ3) is 4.50. The van der Waals surface area contributed by atoms with E-state index in [9.17, 15) is 9.90 Å². The molecule has 10 nitrogen and oxygen atoms in total. The third-order valence-electron chi connectivity index (χ3n) is 6.96. The predicted octanol–water partition coefficient (Wildman–Crippen LogP) is 2.94. The standard InChI is InChI=1S/C27H29N7O3/c1-2-37-23(36)17-34-18-28-24-25(33-15-19-5-3-4-6-20(19)16-33)29-27(30-26(24)34)32-13-11-31(12-14-32)21-7-9-22(35)10-8-21/h3-10,18,35H,2,11-17H2,1H3. The molecule has 0 saturated carbocycles. The number of carbonyl (C=O) groups is 1. The number of ether oxygens (including phenoxy) is 1. The van der Waals surface area contributed by atoms with Crippen molar-refractivity contribution in [1.29, 1.82) is 0 Å². The van der Waals surface area contributed by atoms with Crippen LogP contribution in [0, 0.1) is 0 Å². The second-order valence-corrected chi connectivity index (χ2v) is 9.31. The van der Waals surface area contributed by atoms with E-state index in [2.05, 4.69) is 43.9 Å². The number of nitrogens with zero attached hydrogens (tertiary/aromatic N) is 7. The summed E-state index contributed by atoms with van der Waals surface area (Å²) in [5.74, 6) is 1.36. The van der Waals surface area contributed by atoms with E-state index in [0.717, 1.165) is 50.8 Å². The van der Waals surface area contributed by atoms with E-state index in [1.807, 2.05) is 12.1 Å². The number of carbonyl (C=O) groups excluding carboxylic acids is 1. The van der Waals surface area contributed by atoms with E-state index in [1.165, 1.54) is 11.1 Å². The number of piperazine rings is 1. The van der Waals surface area contributed by atoms with Gasteiger partial charge in [-0.3, -0.25) is 4.79 Å². The van der Waals surface area contributed by atoms with Crippen LogP contribution in [-0.4, -0.2) is 63.4 Å². The smallest absolute Gasteiger partial charge is 0.326 e. The van der Waals surface area contributed by atoms with Crippen molar-refractivity contribution in [2.75, 3.05) is 47.5 Å². The van der Waals surface area contributed by atoms with Crippen LogP contribution in [0.1, 0.15) is 18.1 Å². The van der Waals surface area contributed by atoms with E-state index in [1.54, 1.807) is 30.0 Å². The average molecular weight is 500 g/mol. The molecule has 37 heavy (non-hydrogen) atoms. The van der Waals surface area contributed by atoms with Gasteiger partial charge in [0.25, 0.3) is 0 Å². The average Bonchev–Trinajstić information content (AvgIpc) is 3.53. The van der Waals surface area contributed by atoms with Gasteiger partial charge in [-0.2, -0.15) is 9.97 Å². The largest absolute Gasteiger partial charge is 0.508 e. The van der Waals surface area contributed by atoms with Crippen LogP contribution in [0.3, 0.4) is 0 Å². The number of esters is 1. The van der Waals surface area contributed by atoms with Crippen molar-refractivity contribution in [3.8, 4) is 5.75 Å². The Balaban J connectivity index is 1.31. The van der Waals surface area contributed by atoms with E-state index in [0.29, 0.717) is 23.7 Å². The van der Waals surface area contributed by atoms with Crippen LogP contribution in [0.15, 0.2) is 54.9 Å². The number of anilines is 3. The Morgan fingerprint density at radius 3 is 2.27 bits per heavy atom. The van der Waals surface area contributed by atoms with Gasteiger partial charge in [-0.05, 0) is 42.3 Å². The molecule has 0 amide bonds. The Morgan fingerprint density at radius 2 is 1.59 bits per heavy atom. The molecular weight excluding hydrogens is 470 g/mol. The van der Waals surface area contributed by atoms with Gasteiger partial charge in [0.1, 0.15) is 12.3 Å². The summed E-state index contributed by atoms with van der Waals surface area (Å²) in [5.41, 5.74) is 4.96. The molecule has 0 spiro atoms. The number of benzene rings is 2. The van der Waals surface area contributed by atoms with Gasteiger partial charge in [-0.25, -0.2) is 4.98 Å². The van der Waals surface area contributed by atoms with E-state index in [-0.39, 0.29) is 18.3 Å². The van der Waals surface area contributed by atoms with Crippen LogP contribution in [0.25, 0.3) is 11.2 Å². The van der Waals surface area contributed by atoms with Crippen LogP contribution in [0.4, 0.5) is 17.5 Å². The summed E-state index contributed by atoms with van der Waals surface area (Å²) in [5, 5.41) is 9.61. The Labute approximate surface area is 214 Å². The van der Waals surface area contributed by atoms with Gasteiger partial charge in [-0.15, -0.1) is 0 Å². The molecule has 190 valence electrons. The zero-order valence-corrected chi connectivity index (χ0v) is 20.7. The van der Waals surface area contributed by atoms with Crippen LogP contribution >= 0.6 is 0 Å². The lowest BCUT2D eigenvalue weighted by molar-refractivity contribution is -0.143. The van der Waals surface area contributed by atoms with Crippen molar-refractivity contribution in [3.63, 3.8) is 0 Å². The van der Waals surface area contributed by atoms with Crippen molar-refractivity contribution in [1.82, 2.24) is 19.5 Å². The quantitative estimate of drug-likeness (QED) is 0.401. The minimum absolute atomic E-state index is 0.0507. The number of phenols is 1. The van der Waals surface area contributed by atoms with E-state index >= 15 is 0 Å². The first-order chi connectivity index (χ1) is 18.1. The molecule has 2 aliphatic rings. The SMILES string of the molecule is CCOC(=O)Cn1cnc2c(N3Cc4ccccc4C3)nc(N3CCN(c4ccc(O)cc4)CC3)nc21. The summed E-state index contributed by atoms with van der Waals surface area (Å²) < 4.78 is 6.92. The third-order valence-corrected chi connectivity index (χ3v) is 6.96. The van der Waals surface area contributed by atoms with Crippen molar-refractivity contribution in [2.24, 2.45) is 0 Å². The Bertz CT molecular complexity index is 1400. The number of rotatable bonds is 6. The molecule has 0 aliphatic carbocycles. The second kappa shape index (κ2) is 9.61. The Hall–Kier alpha value is -4.34. The molecule has 2 aromatic heterocycles. The first-order valence-electron chi connectivity index (χ1n) is 12.6. The Morgan fingerprint density at radius 1 is 0.919 bits per heavy atom. The van der Waals surface area contributed by atoms with E-state index in [4.69, 9.17) is 14.7 Å². The molecule has 6 rings (SSSR count). The van der Waals surface area contributed by atoms with Gasteiger partial charge in [0.05, 0.1) is 12.9 Å². The molecule has 1 saturated heterocycles. The molecule has 0 radical (unpaired) electrons. The molecule has 4 aromatic rings. The summed E-state index contributed by atoms with van der Waals surface area (Å²) in [6, 6.07) is 15.7. The van der Waals surface area contributed by atoms with Crippen LogP contribution in [0.5, 0.6) is 5.75 Å². The summed E-state index contributed by atoms with van der Waals surface area (Å²) in [7, 11) is 0. The molecule has 1 N–H and O–H groups in total. The maximum atomic E-state index is 12.3. The zero-order valence-electron chi connectivity index (χ0n) is 20.7. The van der Waals surface area contributed by atoms with Crippen LogP contribution in [-0.2, 0) is 29.2 Å². The fourth-order valence-corrected chi connectivity index (χ4v) is 5.05. The molecule has 0 bridgehead atoms. The van der Waals surface area contributed by atoms with Crippen LogP contribution in [0.2, 0.25) is 0 Å². The number of fused-ring (bicyclic) bond motifs is 2. The number of aromatic nitrogens is 4. The highest BCUT2D eigenvalue weighted by Gasteiger charge is 2.27. The molecule has 2 aliphatic heterocycles. The summed E-state index contributed by atoms with van der Waals surface area (Å²) >= 11 is 0. The normalized spacial score (nSPS) is 15.3. The van der Waals surface area contributed by atoms with Crippen molar-refractivity contribution < 1.29 is 14.6 Å². The summed E-state index contributed by atoms with van der Waals surface area (Å²) in [4.78, 5) is 33.5.